The van der Waals surface area contributed by atoms with Crippen molar-refractivity contribution in [2.75, 3.05) is 0 Å². The Hall–Kier alpha value is -0.930. The summed E-state index contributed by atoms with van der Waals surface area (Å²) in [4.78, 5) is 8.90. The van der Waals surface area contributed by atoms with E-state index in [1.807, 2.05) is 5.41 Å². The highest BCUT2D eigenvalue weighted by molar-refractivity contribution is 7.99. The van der Waals surface area contributed by atoms with Crippen molar-refractivity contribution in [1.82, 2.24) is 9.95 Å². The van der Waals surface area contributed by atoms with Crippen LogP contribution in [0.4, 0.5) is 13.2 Å². The number of aliphatic carboxylic acids is 1. The summed E-state index contributed by atoms with van der Waals surface area (Å²) in [6, 6.07) is 0. The summed E-state index contributed by atoms with van der Waals surface area (Å²) in [7, 11) is 0. The predicted octanol–water partition coefficient (Wildman–Crippen LogP) is 0.433. The topological polar surface area (TPSA) is 78.6 Å². The van der Waals surface area contributed by atoms with Gasteiger partial charge in [0, 0.05) is 11.6 Å². The fraction of sp³-hybridized carbons (Fsp3) is 0.250. The van der Waals surface area contributed by atoms with E-state index in [0.717, 1.165) is 0 Å². The van der Waals surface area contributed by atoms with E-state index in [4.69, 9.17) is 15.7 Å². The number of carboxylic acids is 1. The van der Waals surface area contributed by atoms with Gasteiger partial charge in [-0.1, -0.05) is 4.52 Å². The Labute approximate surface area is 75.4 Å². The molecule has 1 aliphatic rings. The molecule has 9 heteroatoms. The number of nitrogens with zero attached hydrogens (tertiary/aromatic N) is 1. The lowest BCUT2D eigenvalue weighted by Crippen LogP contribution is -2.29. The lowest BCUT2D eigenvalue weighted by atomic mass is 10.7. The number of alkyl halides is 3. The molecule has 4 N–H and O–H groups in total. The first kappa shape index (κ1) is 12.1. The number of hydrogen-bond acceptors (Lipinski definition) is 5. The number of hydrogen-bond donors (Lipinski definition) is 3. The third-order valence-electron chi connectivity index (χ3n) is 0.687. The number of carbonyl (C=O) groups is 1. The number of carboxylic acid groups (broad SMARTS) is 1. The second kappa shape index (κ2) is 4.94. The Balaban J connectivity index is 0.000000223. The Bertz CT molecular complexity index is 199. The highest BCUT2D eigenvalue weighted by atomic mass is 32.2. The zero-order valence-electron chi connectivity index (χ0n) is 6.08. The third-order valence-corrected chi connectivity index (χ3v) is 1.28. The van der Waals surface area contributed by atoms with Crippen LogP contribution in [-0.4, -0.2) is 21.8 Å². The molecule has 0 saturated heterocycles. The van der Waals surface area contributed by atoms with Gasteiger partial charge in [-0.15, -0.1) is 0 Å². The number of hydrazine groups is 2. The minimum atomic E-state index is -5.08. The maximum Gasteiger partial charge on any atom is 0.490 e. The molecule has 0 aromatic rings. The van der Waals surface area contributed by atoms with Crippen molar-refractivity contribution in [3.05, 3.63) is 11.6 Å². The molecule has 76 valence electrons. The third kappa shape index (κ3) is 6.25. The SMILES string of the molecule is NN1NC=CS1.O=C(O)C(F)(F)F. The minimum absolute atomic E-state index is 1.42. The fourth-order valence-corrected chi connectivity index (χ4v) is 0.605. The molecule has 1 heterocycles. The molecule has 0 aromatic heterocycles. The number of nitrogens with one attached hydrogen (secondary N) is 1. The van der Waals surface area contributed by atoms with Crippen molar-refractivity contribution in [2.45, 2.75) is 6.18 Å². The van der Waals surface area contributed by atoms with Crippen LogP contribution in [0.15, 0.2) is 11.6 Å². The highest BCUT2D eigenvalue weighted by Gasteiger charge is 2.38. The van der Waals surface area contributed by atoms with Gasteiger partial charge in [-0.3, -0.25) is 0 Å². The van der Waals surface area contributed by atoms with Crippen LogP contribution in [0.3, 0.4) is 0 Å². The zero-order chi connectivity index (χ0) is 10.5. The highest BCUT2D eigenvalue weighted by Crippen LogP contribution is 2.13. The van der Waals surface area contributed by atoms with Crippen LogP contribution in [0.2, 0.25) is 0 Å². The molecule has 0 aliphatic carbocycles. The van der Waals surface area contributed by atoms with Crippen LogP contribution in [0.1, 0.15) is 0 Å². The molecule has 0 fully saturated rings. The lowest BCUT2D eigenvalue weighted by Gasteiger charge is -2.02. The van der Waals surface area contributed by atoms with E-state index in [1.54, 1.807) is 6.20 Å². The first-order valence-corrected chi connectivity index (χ1v) is 3.60. The van der Waals surface area contributed by atoms with Gasteiger partial charge < -0.3 is 10.5 Å². The van der Waals surface area contributed by atoms with E-state index in [2.05, 4.69) is 5.43 Å². The van der Waals surface area contributed by atoms with Gasteiger partial charge in [-0.05, 0) is 11.9 Å². The molecule has 0 spiro atoms. The van der Waals surface area contributed by atoms with Crippen LogP contribution in [0.25, 0.3) is 0 Å². The Morgan fingerprint density at radius 1 is 1.62 bits per heavy atom. The molecule has 0 saturated carbocycles. The maximum atomic E-state index is 10.6. The molecule has 0 amide bonds. The van der Waals surface area contributed by atoms with Gasteiger partial charge in [0.25, 0.3) is 0 Å². The van der Waals surface area contributed by atoms with E-state index in [9.17, 15) is 13.2 Å². The summed E-state index contributed by atoms with van der Waals surface area (Å²) < 4.78 is 33.2. The van der Waals surface area contributed by atoms with Crippen LogP contribution < -0.4 is 11.3 Å². The molecule has 5 nitrogen and oxygen atoms in total. The second-order valence-corrected chi connectivity index (χ2v) is 2.54. The van der Waals surface area contributed by atoms with Gasteiger partial charge >= 0.3 is 12.1 Å². The Kier molecular flexibility index (Phi) is 4.59. The van der Waals surface area contributed by atoms with Crippen molar-refractivity contribution in [3.8, 4) is 0 Å². The molecule has 13 heavy (non-hydrogen) atoms. The molecule has 0 radical (unpaired) electrons. The molecular formula is C4H6F3N3O2S. The van der Waals surface area contributed by atoms with Crippen LogP contribution in [0.5, 0.6) is 0 Å². The van der Waals surface area contributed by atoms with E-state index in [-0.39, 0.29) is 0 Å². The smallest absolute Gasteiger partial charge is 0.475 e. The number of nitrogens with two attached hydrogens (primary N) is 1. The average Bonchev–Trinajstić information content (AvgIpc) is 2.38. The summed E-state index contributed by atoms with van der Waals surface area (Å²) in [6.07, 6.45) is -3.31. The van der Waals surface area contributed by atoms with Crippen LogP contribution in [-0.2, 0) is 4.79 Å². The standard InChI is InChI=1S/C2HF3O2.C2H5N3S/c3-2(4,5)1(6)7;3-5-4-1-2-6-5/h(H,6,7);1-2,4H,3H2. The lowest BCUT2D eigenvalue weighted by molar-refractivity contribution is -0.192. The first-order chi connectivity index (χ1) is 5.84. The van der Waals surface area contributed by atoms with Crippen molar-refractivity contribution in [2.24, 2.45) is 5.84 Å². The van der Waals surface area contributed by atoms with E-state index >= 15 is 0 Å². The van der Waals surface area contributed by atoms with E-state index in [1.165, 1.54) is 16.5 Å². The monoisotopic (exact) mass is 217 g/mol. The van der Waals surface area contributed by atoms with Crippen molar-refractivity contribution in [1.29, 1.82) is 0 Å². The summed E-state index contributed by atoms with van der Waals surface area (Å²) in [5.74, 6) is 2.40. The van der Waals surface area contributed by atoms with Crippen LogP contribution >= 0.6 is 11.9 Å². The Morgan fingerprint density at radius 3 is 2.15 bits per heavy atom. The fourth-order valence-electron chi connectivity index (χ4n) is 0.230. The summed E-state index contributed by atoms with van der Waals surface area (Å²) in [5.41, 5.74) is 2.71. The van der Waals surface area contributed by atoms with Crippen molar-refractivity contribution >= 4 is 17.9 Å². The molecule has 0 unspecified atom stereocenters. The van der Waals surface area contributed by atoms with E-state index in [0.29, 0.717) is 0 Å². The number of rotatable bonds is 0. The summed E-state index contributed by atoms with van der Waals surface area (Å²) in [6.45, 7) is 0. The molecule has 1 aliphatic heterocycles. The minimum Gasteiger partial charge on any atom is -0.475 e. The average molecular weight is 217 g/mol. The Morgan fingerprint density at radius 2 is 2.08 bits per heavy atom. The quantitative estimate of drug-likeness (QED) is 0.403. The summed E-state index contributed by atoms with van der Waals surface area (Å²) in [5, 5.41) is 8.99. The van der Waals surface area contributed by atoms with Crippen molar-refractivity contribution in [3.63, 3.8) is 0 Å². The van der Waals surface area contributed by atoms with Crippen molar-refractivity contribution < 1.29 is 23.1 Å². The molecule has 0 atom stereocenters. The van der Waals surface area contributed by atoms with Gasteiger partial charge in [0.2, 0.25) is 0 Å². The zero-order valence-corrected chi connectivity index (χ0v) is 6.89. The largest absolute Gasteiger partial charge is 0.490 e. The van der Waals surface area contributed by atoms with Gasteiger partial charge in [-0.2, -0.15) is 13.2 Å². The van der Waals surface area contributed by atoms with E-state index < -0.39 is 12.1 Å². The molecular weight excluding hydrogens is 211 g/mol. The van der Waals surface area contributed by atoms with Gasteiger partial charge in [0.15, 0.2) is 0 Å². The van der Waals surface area contributed by atoms with Gasteiger partial charge in [-0.25, -0.2) is 10.6 Å². The van der Waals surface area contributed by atoms with Crippen LogP contribution in [0, 0.1) is 0 Å². The molecule has 0 aromatic carbocycles. The number of halogens is 3. The maximum absolute atomic E-state index is 10.6. The van der Waals surface area contributed by atoms with Gasteiger partial charge in [0.1, 0.15) is 0 Å². The predicted molar refractivity (Wildman–Crippen MR) is 39.6 cm³/mol. The normalized spacial score (nSPS) is 16.0. The molecule has 0 bridgehead atoms. The summed E-state index contributed by atoms with van der Waals surface area (Å²) >= 11 is 1.42. The molecule has 1 rings (SSSR count). The van der Waals surface area contributed by atoms with Gasteiger partial charge in [0.05, 0.1) is 0 Å². The first-order valence-electron chi connectivity index (χ1n) is 2.77. The second-order valence-electron chi connectivity index (χ2n) is 1.67.